The molecule has 7 atom stereocenters. The number of rotatable bonds is 7. The highest BCUT2D eigenvalue weighted by Crippen LogP contribution is 2.53. The summed E-state index contributed by atoms with van der Waals surface area (Å²) in [5, 5.41) is 48.7. The van der Waals surface area contributed by atoms with E-state index in [1.165, 1.54) is 13.2 Å². The van der Waals surface area contributed by atoms with Gasteiger partial charge in [-0.05, 0) is 32.9 Å². The van der Waals surface area contributed by atoms with E-state index in [4.69, 9.17) is 19.9 Å². The van der Waals surface area contributed by atoms with Crippen molar-refractivity contribution in [2.24, 2.45) is 5.73 Å². The van der Waals surface area contributed by atoms with Crippen molar-refractivity contribution in [1.82, 2.24) is 5.32 Å². The molecule has 2 aromatic rings. The number of ketones is 2. The lowest BCUT2D eigenvalue weighted by Gasteiger charge is -2.45. The molecule has 11 heteroatoms. The lowest BCUT2D eigenvalue weighted by molar-refractivity contribution is -0.248. The Labute approximate surface area is 238 Å². The minimum atomic E-state index is -1.46. The van der Waals surface area contributed by atoms with Crippen LogP contribution in [0, 0.1) is 0 Å². The number of benzene rings is 2. The van der Waals surface area contributed by atoms with Crippen molar-refractivity contribution in [2.75, 3.05) is 13.7 Å². The van der Waals surface area contributed by atoms with E-state index < -0.39 is 65.4 Å². The highest BCUT2D eigenvalue weighted by molar-refractivity contribution is 6.31. The zero-order chi connectivity index (χ0) is 29.8. The number of nitrogens with one attached hydrogen (secondary N) is 1. The number of nitrogens with two attached hydrogens (primary N) is 1. The molecular formula is C30H38N2O9. The lowest BCUT2D eigenvalue weighted by atomic mass is 9.71. The number of carbonyl (C=O) groups is 2. The van der Waals surface area contributed by atoms with Gasteiger partial charge in [0.05, 0.1) is 47.7 Å². The van der Waals surface area contributed by atoms with E-state index in [0.717, 1.165) is 6.42 Å². The van der Waals surface area contributed by atoms with Gasteiger partial charge >= 0.3 is 0 Å². The van der Waals surface area contributed by atoms with Crippen LogP contribution in [0.3, 0.4) is 0 Å². The first-order valence-electron chi connectivity index (χ1n) is 14.0. The van der Waals surface area contributed by atoms with Crippen LogP contribution in [0.15, 0.2) is 18.2 Å². The van der Waals surface area contributed by atoms with Crippen molar-refractivity contribution in [2.45, 2.75) is 88.7 Å². The third-order valence-electron chi connectivity index (χ3n) is 8.68. The molecule has 222 valence electrons. The van der Waals surface area contributed by atoms with Gasteiger partial charge in [-0.15, -0.1) is 0 Å². The van der Waals surface area contributed by atoms with Gasteiger partial charge in [-0.25, -0.2) is 0 Å². The maximum atomic E-state index is 13.8. The number of carbonyl (C=O) groups excluding carboxylic acids is 2. The van der Waals surface area contributed by atoms with Crippen LogP contribution in [0.5, 0.6) is 17.2 Å². The highest BCUT2D eigenvalue weighted by atomic mass is 16.7. The SMILES string of the molecule is CCCNC(C)C1(O)Cc2c(O)c3c(c(O)c2C(OC2CC(N)C(O)C(C)O2)C1)C(=O)c1c(OC)cccc1C3=O. The number of phenolic OH excluding ortho intramolecular Hbond substituents is 2. The Hall–Kier alpha value is -3.06. The van der Waals surface area contributed by atoms with Gasteiger partial charge < -0.3 is 45.7 Å². The number of ether oxygens (including phenoxy) is 3. The Bertz CT molecular complexity index is 1370. The number of hydrogen-bond acceptors (Lipinski definition) is 11. The monoisotopic (exact) mass is 570 g/mol. The Morgan fingerprint density at radius 3 is 2.54 bits per heavy atom. The van der Waals surface area contributed by atoms with E-state index >= 15 is 0 Å². The minimum absolute atomic E-state index is 0.00581. The summed E-state index contributed by atoms with van der Waals surface area (Å²) in [7, 11) is 1.37. The van der Waals surface area contributed by atoms with Crippen LogP contribution in [0.1, 0.15) is 89.1 Å². The summed E-state index contributed by atoms with van der Waals surface area (Å²) < 4.78 is 17.5. The van der Waals surface area contributed by atoms with Crippen LogP contribution < -0.4 is 15.8 Å². The van der Waals surface area contributed by atoms with Gasteiger partial charge in [-0.1, -0.05) is 19.1 Å². The van der Waals surface area contributed by atoms with Crippen LogP contribution in [0.4, 0.5) is 0 Å². The Kier molecular flexibility index (Phi) is 7.88. The predicted molar refractivity (Wildman–Crippen MR) is 147 cm³/mol. The minimum Gasteiger partial charge on any atom is -0.507 e. The topological polar surface area (TPSA) is 181 Å². The van der Waals surface area contributed by atoms with Gasteiger partial charge in [0.15, 0.2) is 12.1 Å². The Balaban J connectivity index is 1.66. The van der Waals surface area contributed by atoms with E-state index in [-0.39, 0.29) is 58.4 Å². The molecule has 0 saturated carbocycles. The summed E-state index contributed by atoms with van der Waals surface area (Å²) in [4.78, 5) is 27.5. The highest BCUT2D eigenvalue weighted by Gasteiger charge is 2.49. The molecule has 0 spiro atoms. The van der Waals surface area contributed by atoms with Crippen LogP contribution in [-0.4, -0.2) is 81.8 Å². The molecule has 7 N–H and O–H groups in total. The maximum absolute atomic E-state index is 13.8. The van der Waals surface area contributed by atoms with E-state index in [1.54, 1.807) is 19.1 Å². The van der Waals surface area contributed by atoms with Crippen LogP contribution >= 0.6 is 0 Å². The zero-order valence-corrected chi connectivity index (χ0v) is 23.6. The summed E-state index contributed by atoms with van der Waals surface area (Å²) in [5.41, 5.74) is 4.24. The molecule has 0 aromatic heterocycles. The van der Waals surface area contributed by atoms with Crippen LogP contribution in [0.2, 0.25) is 0 Å². The van der Waals surface area contributed by atoms with Gasteiger partial charge in [-0.3, -0.25) is 9.59 Å². The van der Waals surface area contributed by atoms with Crippen molar-refractivity contribution < 1.29 is 44.2 Å². The van der Waals surface area contributed by atoms with Crippen LogP contribution in [0.25, 0.3) is 0 Å². The van der Waals surface area contributed by atoms with Gasteiger partial charge in [0, 0.05) is 48.0 Å². The molecule has 1 heterocycles. The molecule has 1 saturated heterocycles. The van der Waals surface area contributed by atoms with Crippen molar-refractivity contribution in [3.05, 3.63) is 51.6 Å². The third kappa shape index (κ3) is 4.80. The van der Waals surface area contributed by atoms with Crippen molar-refractivity contribution >= 4 is 11.6 Å². The number of aliphatic hydroxyl groups excluding tert-OH is 1. The molecule has 1 aliphatic heterocycles. The number of fused-ring (bicyclic) bond motifs is 3. The summed E-state index contributed by atoms with van der Waals surface area (Å²) in [6, 6.07) is 3.48. The molecule has 1 fully saturated rings. The summed E-state index contributed by atoms with van der Waals surface area (Å²) in [5.74, 6) is -2.14. The van der Waals surface area contributed by atoms with Gasteiger partial charge in [0.2, 0.25) is 5.78 Å². The number of aliphatic hydroxyl groups is 2. The number of methoxy groups -OCH3 is 1. The molecule has 3 aliphatic rings. The van der Waals surface area contributed by atoms with Gasteiger partial charge in [0.1, 0.15) is 17.2 Å². The first kappa shape index (κ1) is 29.4. The second kappa shape index (κ2) is 11.0. The Morgan fingerprint density at radius 1 is 1.17 bits per heavy atom. The molecule has 7 unspecified atom stereocenters. The predicted octanol–water partition coefficient (Wildman–Crippen LogP) is 1.83. The number of phenols is 2. The Morgan fingerprint density at radius 2 is 1.88 bits per heavy atom. The van der Waals surface area contributed by atoms with Crippen molar-refractivity contribution in [1.29, 1.82) is 0 Å². The van der Waals surface area contributed by atoms with Gasteiger partial charge in [-0.2, -0.15) is 0 Å². The molecule has 0 bridgehead atoms. The maximum Gasteiger partial charge on any atom is 0.202 e. The van der Waals surface area contributed by atoms with Gasteiger partial charge in [0.25, 0.3) is 0 Å². The van der Waals surface area contributed by atoms with Crippen molar-refractivity contribution in [3.8, 4) is 17.2 Å². The summed E-state index contributed by atoms with van der Waals surface area (Å²) in [6.45, 7) is 6.11. The molecule has 2 aromatic carbocycles. The average molecular weight is 571 g/mol. The molecular weight excluding hydrogens is 532 g/mol. The fraction of sp³-hybridized carbons (Fsp3) is 0.533. The first-order valence-corrected chi connectivity index (χ1v) is 14.0. The smallest absolute Gasteiger partial charge is 0.202 e. The van der Waals surface area contributed by atoms with E-state index in [1.807, 2.05) is 13.8 Å². The van der Waals surface area contributed by atoms with Crippen molar-refractivity contribution in [3.63, 3.8) is 0 Å². The largest absolute Gasteiger partial charge is 0.507 e. The lowest BCUT2D eigenvalue weighted by Crippen LogP contribution is -2.55. The molecule has 2 aliphatic carbocycles. The number of hydrogen-bond donors (Lipinski definition) is 6. The molecule has 41 heavy (non-hydrogen) atoms. The van der Waals surface area contributed by atoms with E-state index in [2.05, 4.69) is 5.32 Å². The number of aromatic hydroxyl groups is 2. The second-order valence-electron chi connectivity index (χ2n) is 11.3. The average Bonchev–Trinajstić information content (AvgIpc) is 2.94. The fourth-order valence-corrected chi connectivity index (χ4v) is 6.30. The summed E-state index contributed by atoms with van der Waals surface area (Å²) >= 11 is 0. The van der Waals surface area contributed by atoms with E-state index in [0.29, 0.717) is 6.54 Å². The second-order valence-corrected chi connectivity index (χ2v) is 11.3. The quantitative estimate of drug-likeness (QED) is 0.228. The fourth-order valence-electron chi connectivity index (χ4n) is 6.30. The molecule has 5 rings (SSSR count). The zero-order valence-electron chi connectivity index (χ0n) is 23.6. The molecule has 0 amide bonds. The van der Waals surface area contributed by atoms with Crippen LogP contribution in [-0.2, 0) is 15.9 Å². The summed E-state index contributed by atoms with van der Waals surface area (Å²) in [6.07, 6.45) is -2.65. The normalized spacial score (nSPS) is 29.9. The standard InChI is InChI=1S/C30H38N2O9/c1-5-9-32-14(3)30(38)11-16-22(19(12-30)41-20-10-17(31)25(33)13(2)40-20)29(37)24-23(27(16)35)26(34)15-7-6-8-18(39-4)21(15)28(24)36/h6-8,13-14,17,19-20,25,32-33,35,37-38H,5,9-12,31H2,1-4H3. The molecule has 0 radical (unpaired) electrons. The first-order chi connectivity index (χ1) is 19.4. The molecule has 11 nitrogen and oxygen atoms in total. The third-order valence-corrected chi connectivity index (χ3v) is 8.68. The van der Waals surface area contributed by atoms with E-state index in [9.17, 15) is 30.0 Å².